The molecule has 1 unspecified atom stereocenters. The van der Waals surface area contributed by atoms with Crippen molar-refractivity contribution in [1.29, 1.82) is 0 Å². The maximum absolute atomic E-state index is 9.80. The predicted molar refractivity (Wildman–Crippen MR) is 106 cm³/mol. The zero-order valence-corrected chi connectivity index (χ0v) is 15.8. The summed E-state index contributed by atoms with van der Waals surface area (Å²) in [6.45, 7) is 4.01. The summed E-state index contributed by atoms with van der Waals surface area (Å²) in [6.07, 6.45) is 0. The van der Waals surface area contributed by atoms with Gasteiger partial charge in [-0.25, -0.2) is 0 Å². The molecule has 0 amide bonds. The van der Waals surface area contributed by atoms with E-state index in [1.165, 1.54) is 0 Å². The van der Waals surface area contributed by atoms with E-state index >= 15 is 0 Å². The smallest absolute Gasteiger partial charge is 0.327 e. The molecule has 0 aromatic heterocycles. The van der Waals surface area contributed by atoms with E-state index < -0.39 is 19.6 Å². The Bertz CT molecular complexity index is 782. The first-order valence-electron chi connectivity index (χ1n) is 8.52. The minimum Gasteiger partial charge on any atom is -0.328 e. The first-order valence-corrected chi connectivity index (χ1v) is 9.68. The molecule has 4 heteroatoms. The molecule has 0 saturated heterocycles. The van der Waals surface area contributed by atoms with Crippen molar-refractivity contribution in [1.82, 2.24) is 0 Å². The van der Waals surface area contributed by atoms with E-state index in [4.69, 9.17) is 4.52 Å². The van der Waals surface area contributed by atoms with Crippen LogP contribution in [0.4, 0.5) is 0 Å². The highest BCUT2D eigenvalue weighted by Crippen LogP contribution is 2.53. The van der Waals surface area contributed by atoms with Gasteiger partial charge in [-0.05, 0) is 30.5 Å². The van der Waals surface area contributed by atoms with Crippen LogP contribution in [0.5, 0.6) is 0 Å². The molecule has 0 spiro atoms. The van der Waals surface area contributed by atoms with Gasteiger partial charge >= 0.3 is 8.60 Å². The lowest BCUT2D eigenvalue weighted by Gasteiger charge is -2.47. The molecule has 2 N–H and O–H groups in total. The van der Waals surface area contributed by atoms with E-state index in [0.717, 1.165) is 16.7 Å². The van der Waals surface area contributed by atoms with Crippen molar-refractivity contribution in [3.63, 3.8) is 0 Å². The van der Waals surface area contributed by atoms with E-state index in [1.807, 2.05) is 73.7 Å². The second kappa shape index (κ2) is 7.69. The van der Waals surface area contributed by atoms with Gasteiger partial charge in [0.05, 0.1) is 5.41 Å². The molecule has 0 bridgehead atoms. The molecule has 0 aliphatic heterocycles. The van der Waals surface area contributed by atoms with Gasteiger partial charge in [0.15, 0.2) is 0 Å². The lowest BCUT2D eigenvalue weighted by Crippen LogP contribution is -2.47. The largest absolute Gasteiger partial charge is 0.328 e. The van der Waals surface area contributed by atoms with Crippen LogP contribution >= 0.6 is 8.60 Å². The number of hydrogen-bond acceptors (Lipinski definition) is 3. The van der Waals surface area contributed by atoms with Crippen LogP contribution in [0.15, 0.2) is 91.0 Å². The Hall–Kier alpha value is -2.03. The zero-order chi connectivity index (χ0) is 18.6. The van der Waals surface area contributed by atoms with Crippen LogP contribution in [0.25, 0.3) is 0 Å². The lowest BCUT2D eigenvalue weighted by molar-refractivity contribution is 0.0122. The lowest BCUT2D eigenvalue weighted by atomic mass is 9.62. The monoisotopic (exact) mass is 366 g/mol. The molecule has 0 aliphatic carbocycles. The first-order chi connectivity index (χ1) is 12.5. The SMILES string of the molecule is CC(OP(O)O)(c1ccccc1)C(C)(c1ccccc1)c1ccccc1. The Morgan fingerprint density at radius 1 is 0.615 bits per heavy atom. The Morgan fingerprint density at radius 3 is 1.31 bits per heavy atom. The molecule has 0 aliphatic rings. The normalized spacial score (nSPS) is 14.2. The molecule has 1 atom stereocenters. The van der Waals surface area contributed by atoms with E-state index in [0.29, 0.717) is 0 Å². The van der Waals surface area contributed by atoms with Gasteiger partial charge in [-0.15, -0.1) is 0 Å². The standard InChI is InChI=1S/C22H23O3P/c1-21(18-12-6-3-7-13-18,19-14-8-4-9-15-19)22(2,25-26(23)24)20-16-10-5-11-17-20/h3-17,23-24H,1-2H3. The summed E-state index contributed by atoms with van der Waals surface area (Å²) in [5, 5.41) is 0. The molecular formula is C22H23O3P. The summed E-state index contributed by atoms with van der Waals surface area (Å²) in [5.74, 6) is 0. The average molecular weight is 366 g/mol. The van der Waals surface area contributed by atoms with E-state index in [9.17, 15) is 9.79 Å². The summed E-state index contributed by atoms with van der Waals surface area (Å²) in [5.41, 5.74) is 1.31. The molecule has 3 aromatic rings. The van der Waals surface area contributed by atoms with Crippen LogP contribution in [0.2, 0.25) is 0 Å². The van der Waals surface area contributed by atoms with Gasteiger partial charge in [-0.1, -0.05) is 91.0 Å². The first kappa shape index (κ1) is 18.8. The Kier molecular flexibility index (Phi) is 5.55. The van der Waals surface area contributed by atoms with Crippen molar-refractivity contribution < 1.29 is 14.3 Å². The van der Waals surface area contributed by atoms with Crippen LogP contribution in [0.1, 0.15) is 30.5 Å². The molecule has 3 aromatic carbocycles. The third-order valence-corrected chi connectivity index (χ3v) is 5.77. The van der Waals surface area contributed by atoms with Gasteiger partial charge < -0.3 is 9.79 Å². The fraction of sp³-hybridized carbons (Fsp3) is 0.182. The third-order valence-electron chi connectivity index (χ3n) is 5.25. The fourth-order valence-corrected chi connectivity index (χ4v) is 4.23. The van der Waals surface area contributed by atoms with Crippen molar-refractivity contribution in [2.24, 2.45) is 0 Å². The summed E-state index contributed by atoms with van der Waals surface area (Å²) >= 11 is 0. The third kappa shape index (κ3) is 3.32. The minimum absolute atomic E-state index is 0.650. The summed E-state index contributed by atoms with van der Waals surface area (Å²) in [6, 6.07) is 29.8. The predicted octanol–water partition coefficient (Wildman–Crippen LogP) is 5.14. The highest BCUT2D eigenvalue weighted by molar-refractivity contribution is 7.39. The average Bonchev–Trinajstić information content (AvgIpc) is 2.68. The zero-order valence-electron chi connectivity index (χ0n) is 14.9. The maximum atomic E-state index is 9.80. The van der Waals surface area contributed by atoms with E-state index in [1.54, 1.807) is 0 Å². The molecule has 134 valence electrons. The quantitative estimate of drug-likeness (QED) is 0.594. The van der Waals surface area contributed by atoms with Crippen molar-refractivity contribution in [3.8, 4) is 0 Å². The van der Waals surface area contributed by atoms with Crippen LogP contribution in [-0.2, 0) is 15.5 Å². The second-order valence-electron chi connectivity index (χ2n) is 6.60. The van der Waals surface area contributed by atoms with E-state index in [-0.39, 0.29) is 0 Å². The van der Waals surface area contributed by atoms with Crippen molar-refractivity contribution in [3.05, 3.63) is 108 Å². The maximum Gasteiger partial charge on any atom is 0.327 e. The van der Waals surface area contributed by atoms with Crippen molar-refractivity contribution in [2.45, 2.75) is 24.9 Å². The van der Waals surface area contributed by atoms with Crippen LogP contribution in [-0.4, -0.2) is 9.79 Å². The van der Waals surface area contributed by atoms with Crippen molar-refractivity contribution >= 4 is 8.60 Å². The number of benzene rings is 3. The fourth-order valence-electron chi connectivity index (χ4n) is 3.61. The van der Waals surface area contributed by atoms with Crippen LogP contribution < -0.4 is 0 Å². The topological polar surface area (TPSA) is 49.7 Å². The molecule has 3 nitrogen and oxygen atoms in total. The van der Waals surface area contributed by atoms with Crippen LogP contribution in [0.3, 0.4) is 0 Å². The Morgan fingerprint density at radius 2 is 0.962 bits per heavy atom. The highest BCUT2D eigenvalue weighted by atomic mass is 31.2. The summed E-state index contributed by atoms with van der Waals surface area (Å²) in [7, 11) is -2.56. The van der Waals surface area contributed by atoms with Gasteiger partial charge in [0.1, 0.15) is 5.60 Å². The molecule has 0 radical (unpaired) electrons. The van der Waals surface area contributed by atoms with Crippen molar-refractivity contribution in [2.75, 3.05) is 0 Å². The Balaban J connectivity index is 2.31. The highest BCUT2D eigenvalue weighted by Gasteiger charge is 2.50. The van der Waals surface area contributed by atoms with Gasteiger partial charge in [0.25, 0.3) is 0 Å². The van der Waals surface area contributed by atoms with Gasteiger partial charge in [-0.3, -0.25) is 4.52 Å². The molecule has 0 saturated carbocycles. The number of rotatable bonds is 6. The molecule has 0 fully saturated rings. The van der Waals surface area contributed by atoms with Crippen LogP contribution in [0, 0.1) is 0 Å². The number of hydrogen-bond donors (Lipinski definition) is 2. The molecule has 26 heavy (non-hydrogen) atoms. The van der Waals surface area contributed by atoms with Gasteiger partial charge in [0.2, 0.25) is 0 Å². The summed E-state index contributed by atoms with van der Waals surface area (Å²) in [4.78, 5) is 19.6. The second-order valence-corrected chi connectivity index (χ2v) is 7.29. The molecule has 0 heterocycles. The summed E-state index contributed by atoms with van der Waals surface area (Å²) < 4.78 is 5.87. The molecular weight excluding hydrogens is 343 g/mol. The van der Waals surface area contributed by atoms with E-state index in [2.05, 4.69) is 31.2 Å². The van der Waals surface area contributed by atoms with Gasteiger partial charge in [-0.2, -0.15) is 0 Å². The minimum atomic E-state index is -2.56. The molecule has 3 rings (SSSR count). The Labute approximate surface area is 155 Å². The van der Waals surface area contributed by atoms with Gasteiger partial charge in [0, 0.05) is 0 Å².